The Morgan fingerprint density at radius 2 is 1.42 bits per heavy atom. The molecule has 8 unspecified atom stereocenters. The molecule has 4 aliphatic carbocycles. The summed E-state index contributed by atoms with van der Waals surface area (Å²) in [6.07, 6.45) is 12.8. The molecule has 0 aromatic carbocycles. The van der Waals surface area contributed by atoms with Gasteiger partial charge in [0.2, 0.25) is 0 Å². The molecule has 4 aliphatic rings. The Kier molecular flexibility index (Phi) is 5.49. The molecule has 0 aliphatic heterocycles. The van der Waals surface area contributed by atoms with E-state index in [2.05, 4.69) is 82.2 Å². The molecule has 3 fully saturated rings. The van der Waals surface area contributed by atoms with Crippen LogP contribution in [0.2, 0.25) is 0 Å². The lowest BCUT2D eigenvalue weighted by molar-refractivity contribution is -0.0717. The van der Waals surface area contributed by atoms with E-state index >= 15 is 0 Å². The molecule has 31 heavy (non-hydrogen) atoms. The molecule has 0 bridgehead atoms. The monoisotopic (exact) mass is 426 g/mol. The van der Waals surface area contributed by atoms with E-state index in [0.717, 1.165) is 35.5 Å². The van der Waals surface area contributed by atoms with Crippen molar-refractivity contribution in [3.8, 4) is 0 Å². The highest BCUT2D eigenvalue weighted by molar-refractivity contribution is 5.26. The minimum absolute atomic E-state index is 0.401. The molecule has 0 N–H and O–H groups in total. The number of fused-ring (bicyclic) bond motifs is 5. The van der Waals surface area contributed by atoms with Gasteiger partial charge in [-0.15, -0.1) is 0 Å². The third-order valence-corrected chi connectivity index (χ3v) is 11.4. The summed E-state index contributed by atoms with van der Waals surface area (Å²) < 4.78 is 0. The second kappa shape index (κ2) is 7.12. The SMILES string of the molecule is CC(C)(C)C1CCC2(C)C(=CCC3C2CCC2(C)C3CC(C(C)(C)C)C2C(C)(C)C)C1. The lowest BCUT2D eigenvalue weighted by Crippen LogP contribution is -2.51. The van der Waals surface area contributed by atoms with Gasteiger partial charge in [0, 0.05) is 0 Å². The fourth-order valence-electron chi connectivity index (χ4n) is 9.89. The van der Waals surface area contributed by atoms with Crippen molar-refractivity contribution in [3.63, 3.8) is 0 Å². The van der Waals surface area contributed by atoms with Crippen molar-refractivity contribution in [2.24, 2.45) is 62.6 Å². The van der Waals surface area contributed by atoms with Crippen LogP contribution in [0.15, 0.2) is 11.6 Å². The van der Waals surface area contributed by atoms with Crippen molar-refractivity contribution in [3.05, 3.63) is 11.6 Å². The maximum atomic E-state index is 2.78. The van der Waals surface area contributed by atoms with E-state index in [9.17, 15) is 0 Å². The van der Waals surface area contributed by atoms with E-state index in [1.165, 1.54) is 44.9 Å². The molecule has 4 rings (SSSR count). The molecule has 0 heteroatoms. The lowest BCUT2D eigenvalue weighted by atomic mass is 9.45. The van der Waals surface area contributed by atoms with Crippen LogP contribution in [0.1, 0.15) is 121 Å². The second-order valence-electron chi connectivity index (χ2n) is 16.2. The highest BCUT2D eigenvalue weighted by Crippen LogP contribution is 2.71. The third kappa shape index (κ3) is 3.69. The first-order chi connectivity index (χ1) is 14.0. The molecule has 0 radical (unpaired) electrons. The predicted octanol–water partition coefficient (Wildman–Crippen LogP) is 9.55. The standard InChI is InChI=1S/C31H54/c1-27(2,3)20-14-16-30(10)21(18-20)12-13-22-23(30)15-17-31(11)24(22)19-25(28(4,5)6)26(31)29(7,8)9/h12,20,22-26H,13-19H2,1-11H3. The van der Waals surface area contributed by atoms with Crippen molar-refractivity contribution >= 4 is 0 Å². The first kappa shape index (κ1) is 23.9. The molecule has 0 spiro atoms. The summed E-state index contributed by atoms with van der Waals surface area (Å²) in [6.45, 7) is 28.1. The molecule has 178 valence electrons. The van der Waals surface area contributed by atoms with Crippen LogP contribution in [0.3, 0.4) is 0 Å². The van der Waals surface area contributed by atoms with Gasteiger partial charge in [0.05, 0.1) is 0 Å². The molecule has 3 saturated carbocycles. The topological polar surface area (TPSA) is 0 Å². The Bertz CT molecular complexity index is 719. The molecular weight excluding hydrogens is 372 g/mol. The Labute approximate surface area is 195 Å². The van der Waals surface area contributed by atoms with Crippen molar-refractivity contribution in [1.82, 2.24) is 0 Å². The largest absolute Gasteiger partial charge is 0.0845 e. The molecule has 0 aromatic heterocycles. The van der Waals surface area contributed by atoms with Crippen LogP contribution in [0, 0.1) is 62.6 Å². The molecule has 0 nitrogen and oxygen atoms in total. The average molecular weight is 427 g/mol. The normalized spacial score (nSPS) is 46.1. The number of hydrogen-bond acceptors (Lipinski definition) is 0. The van der Waals surface area contributed by atoms with Crippen LogP contribution in [-0.4, -0.2) is 0 Å². The van der Waals surface area contributed by atoms with E-state index in [1.54, 1.807) is 0 Å². The van der Waals surface area contributed by atoms with E-state index in [1.807, 2.05) is 5.57 Å². The highest BCUT2D eigenvalue weighted by Gasteiger charge is 2.64. The molecule has 0 amide bonds. The minimum Gasteiger partial charge on any atom is -0.0845 e. The van der Waals surface area contributed by atoms with Gasteiger partial charge >= 0.3 is 0 Å². The van der Waals surface area contributed by atoms with Gasteiger partial charge in [-0.25, -0.2) is 0 Å². The van der Waals surface area contributed by atoms with Crippen molar-refractivity contribution in [2.45, 2.75) is 121 Å². The van der Waals surface area contributed by atoms with Gasteiger partial charge in [0.15, 0.2) is 0 Å². The highest BCUT2D eigenvalue weighted by atomic mass is 14.7. The number of hydrogen-bond donors (Lipinski definition) is 0. The summed E-state index contributed by atoms with van der Waals surface area (Å²) in [7, 11) is 0. The van der Waals surface area contributed by atoms with E-state index in [-0.39, 0.29) is 0 Å². The zero-order valence-electron chi connectivity index (χ0n) is 23.0. The van der Waals surface area contributed by atoms with Crippen molar-refractivity contribution in [1.29, 1.82) is 0 Å². The van der Waals surface area contributed by atoms with Gasteiger partial charge in [-0.1, -0.05) is 87.8 Å². The first-order valence-corrected chi connectivity index (χ1v) is 13.7. The van der Waals surface area contributed by atoms with Gasteiger partial charge < -0.3 is 0 Å². The number of allylic oxidation sites excluding steroid dienone is 2. The van der Waals surface area contributed by atoms with Gasteiger partial charge in [-0.2, -0.15) is 0 Å². The molecule has 0 aromatic rings. The Hall–Kier alpha value is -0.260. The summed E-state index contributed by atoms with van der Waals surface area (Å²) in [5.41, 5.74) is 4.15. The quantitative estimate of drug-likeness (QED) is 0.338. The summed E-state index contributed by atoms with van der Waals surface area (Å²) in [5, 5.41) is 0. The summed E-state index contributed by atoms with van der Waals surface area (Å²) in [6, 6.07) is 0. The van der Waals surface area contributed by atoms with Crippen LogP contribution >= 0.6 is 0 Å². The summed E-state index contributed by atoms with van der Waals surface area (Å²) >= 11 is 0. The van der Waals surface area contributed by atoms with E-state index in [0.29, 0.717) is 27.1 Å². The molecular formula is C31H54. The van der Waals surface area contributed by atoms with Crippen LogP contribution in [0.4, 0.5) is 0 Å². The fourth-order valence-corrected chi connectivity index (χ4v) is 9.89. The summed E-state index contributed by atoms with van der Waals surface area (Å²) in [5.74, 6) is 5.37. The smallest absolute Gasteiger partial charge is 0.00851 e. The second-order valence-corrected chi connectivity index (χ2v) is 16.2. The van der Waals surface area contributed by atoms with Gasteiger partial charge in [0.25, 0.3) is 0 Å². The van der Waals surface area contributed by atoms with Crippen molar-refractivity contribution < 1.29 is 0 Å². The Morgan fingerprint density at radius 1 is 0.774 bits per heavy atom. The van der Waals surface area contributed by atoms with Gasteiger partial charge in [-0.3, -0.25) is 0 Å². The average Bonchev–Trinajstić information content (AvgIpc) is 2.93. The third-order valence-electron chi connectivity index (χ3n) is 11.4. The lowest BCUT2D eigenvalue weighted by Gasteiger charge is -2.60. The van der Waals surface area contributed by atoms with Crippen molar-refractivity contribution in [2.75, 3.05) is 0 Å². The Morgan fingerprint density at radius 3 is 1.97 bits per heavy atom. The van der Waals surface area contributed by atoms with Crippen LogP contribution in [0.25, 0.3) is 0 Å². The minimum atomic E-state index is 0.401. The van der Waals surface area contributed by atoms with Crippen LogP contribution in [-0.2, 0) is 0 Å². The van der Waals surface area contributed by atoms with Gasteiger partial charge in [0.1, 0.15) is 0 Å². The Balaban J connectivity index is 1.68. The van der Waals surface area contributed by atoms with Gasteiger partial charge in [-0.05, 0) is 108 Å². The van der Waals surface area contributed by atoms with E-state index < -0.39 is 0 Å². The fraction of sp³-hybridized carbons (Fsp3) is 0.935. The zero-order valence-corrected chi connectivity index (χ0v) is 23.0. The van der Waals surface area contributed by atoms with Crippen LogP contribution in [0.5, 0.6) is 0 Å². The number of rotatable bonds is 0. The summed E-state index contributed by atoms with van der Waals surface area (Å²) in [4.78, 5) is 0. The van der Waals surface area contributed by atoms with Crippen LogP contribution < -0.4 is 0 Å². The molecule has 0 heterocycles. The predicted molar refractivity (Wildman–Crippen MR) is 136 cm³/mol. The molecule has 8 atom stereocenters. The first-order valence-electron chi connectivity index (χ1n) is 13.7. The molecule has 0 saturated heterocycles. The maximum absolute atomic E-state index is 2.78. The maximum Gasteiger partial charge on any atom is -0.00851 e. The van der Waals surface area contributed by atoms with E-state index in [4.69, 9.17) is 0 Å². The zero-order chi connectivity index (χ0) is 23.2.